The van der Waals surface area contributed by atoms with Crippen LogP contribution in [0.2, 0.25) is 0 Å². The van der Waals surface area contributed by atoms with Gasteiger partial charge in [-0.25, -0.2) is 4.57 Å². The molecule has 9 heteroatoms. The molecule has 208 valence electrons. The first kappa shape index (κ1) is 43.1. The molecule has 0 aromatic heterocycles. The fraction of sp³-hybridized carbons (Fsp3) is 1.00. The summed E-state index contributed by atoms with van der Waals surface area (Å²) in [5.74, 6) is 0. The Morgan fingerprint density at radius 3 is 0.788 bits per heavy atom. The predicted molar refractivity (Wildman–Crippen MR) is 146 cm³/mol. The van der Waals surface area contributed by atoms with Gasteiger partial charge in [-0.3, -0.25) is 0 Å². The van der Waals surface area contributed by atoms with Crippen LogP contribution >= 0.6 is 7.82 Å². The predicted octanol–water partition coefficient (Wildman–Crippen LogP) is 4.82. The maximum atomic E-state index is 8.88. The second kappa shape index (κ2) is 45.4. The van der Waals surface area contributed by atoms with E-state index < -0.39 is 7.82 Å². The van der Waals surface area contributed by atoms with Gasteiger partial charge in [-0.1, -0.05) is 103 Å². The molecule has 7 N–H and O–H groups in total. The number of unbranched alkanes of at least 4 members (excludes halogenated alkanes) is 15. The summed E-state index contributed by atoms with van der Waals surface area (Å²) in [7, 11) is 6.61. The lowest BCUT2D eigenvalue weighted by Gasteiger charge is -2.03. The first-order chi connectivity index (χ1) is 15.7. The molecule has 0 aliphatic rings. The number of phosphoric acid groups is 1. The number of hydrogen-bond acceptors (Lipinski definition) is 5. The van der Waals surface area contributed by atoms with Crippen LogP contribution in [0.5, 0.6) is 0 Å². The number of hydrogen-bond donors (Lipinski definition) is 7. The van der Waals surface area contributed by atoms with Crippen molar-refractivity contribution in [3.8, 4) is 0 Å². The molecule has 8 nitrogen and oxygen atoms in total. The molecule has 0 saturated heterocycles. The summed E-state index contributed by atoms with van der Waals surface area (Å²) in [6, 6.07) is 0. The molecule has 0 aliphatic carbocycles. The third-order valence-corrected chi connectivity index (χ3v) is 4.01. The lowest BCUT2D eigenvalue weighted by Crippen LogP contribution is -1.89. The van der Waals surface area contributed by atoms with Crippen LogP contribution in [-0.2, 0) is 4.57 Å². The van der Waals surface area contributed by atoms with Crippen LogP contribution in [0.1, 0.15) is 110 Å². The third-order valence-electron chi connectivity index (χ3n) is 4.01. The monoisotopic (exact) mass is 503 g/mol. The standard InChI is InChI=1S/C18H38O.3C2H7N.H3O4P/c1-2-3-4-5-6-7-8-9-10-11-12-13-14-15-16-17-18-19;3*1-3-2;1-5(2,3)4/h19H,2-18H2,1H3;3*3H,1-2H3;(H3,1,2,3,4). The van der Waals surface area contributed by atoms with Gasteiger partial charge in [-0.15, -0.1) is 0 Å². The fourth-order valence-corrected chi connectivity index (χ4v) is 2.66. The smallest absolute Gasteiger partial charge is 0.396 e. The number of rotatable bonds is 16. The molecule has 33 heavy (non-hydrogen) atoms. The molecular formula is C24H62N3O5P. The first-order valence-corrected chi connectivity index (χ1v) is 14.4. The Morgan fingerprint density at radius 1 is 0.485 bits per heavy atom. The average Bonchev–Trinajstić information content (AvgIpc) is 2.71. The Morgan fingerprint density at radius 2 is 0.636 bits per heavy atom. The second-order valence-corrected chi connectivity index (χ2v) is 9.07. The normalized spacial score (nSPS) is 9.79. The van der Waals surface area contributed by atoms with Gasteiger partial charge in [-0.05, 0) is 48.7 Å². The average molecular weight is 504 g/mol. The topological polar surface area (TPSA) is 134 Å². The quantitative estimate of drug-likeness (QED) is 0.118. The summed E-state index contributed by atoms with van der Waals surface area (Å²) in [6.07, 6.45) is 22.2. The minimum absolute atomic E-state index is 0.373. The zero-order chi connectivity index (χ0) is 26.6. The van der Waals surface area contributed by atoms with E-state index in [9.17, 15) is 0 Å². The van der Waals surface area contributed by atoms with Crippen LogP contribution in [0.15, 0.2) is 0 Å². The lowest BCUT2D eigenvalue weighted by molar-refractivity contribution is 0.275. The van der Waals surface area contributed by atoms with Crippen molar-refractivity contribution in [1.29, 1.82) is 0 Å². The molecule has 0 aromatic rings. The second-order valence-electron chi connectivity index (χ2n) is 8.04. The summed E-state index contributed by atoms with van der Waals surface area (Å²) in [4.78, 5) is 21.6. The number of nitrogens with one attached hydrogen (secondary N) is 3. The summed E-state index contributed by atoms with van der Waals surface area (Å²) < 4.78 is 8.88. The van der Waals surface area contributed by atoms with Crippen molar-refractivity contribution >= 4 is 7.82 Å². The Balaban J connectivity index is -0.000000152. The maximum Gasteiger partial charge on any atom is 0.466 e. The van der Waals surface area contributed by atoms with Gasteiger partial charge in [0.2, 0.25) is 0 Å². The van der Waals surface area contributed by atoms with E-state index in [0.29, 0.717) is 6.61 Å². The molecule has 0 saturated carbocycles. The van der Waals surface area contributed by atoms with Crippen LogP contribution in [0, 0.1) is 0 Å². The third kappa shape index (κ3) is 113. The van der Waals surface area contributed by atoms with Gasteiger partial charge in [0.15, 0.2) is 0 Å². The molecule has 0 amide bonds. The van der Waals surface area contributed by atoms with Crippen molar-refractivity contribution < 1.29 is 24.4 Å². The largest absolute Gasteiger partial charge is 0.466 e. The van der Waals surface area contributed by atoms with Crippen LogP contribution in [0.3, 0.4) is 0 Å². The molecule has 0 heterocycles. The van der Waals surface area contributed by atoms with Crippen molar-refractivity contribution in [3.05, 3.63) is 0 Å². The minimum atomic E-state index is -4.64. The highest BCUT2D eigenvalue weighted by atomic mass is 31.2. The fourth-order valence-electron chi connectivity index (χ4n) is 2.66. The van der Waals surface area contributed by atoms with E-state index in [1.807, 2.05) is 42.3 Å². The van der Waals surface area contributed by atoms with Gasteiger partial charge in [0.05, 0.1) is 0 Å². The summed E-state index contributed by atoms with van der Waals surface area (Å²) in [5.41, 5.74) is 0. The zero-order valence-electron chi connectivity index (χ0n) is 23.2. The molecule has 0 radical (unpaired) electrons. The highest BCUT2D eigenvalue weighted by molar-refractivity contribution is 7.45. The van der Waals surface area contributed by atoms with E-state index in [4.69, 9.17) is 24.4 Å². The summed E-state index contributed by atoms with van der Waals surface area (Å²) in [6.45, 7) is 2.66. The molecule has 0 aromatic carbocycles. The van der Waals surface area contributed by atoms with Crippen molar-refractivity contribution in [2.45, 2.75) is 110 Å². The molecule has 0 atom stereocenters. The molecular weight excluding hydrogens is 441 g/mol. The Labute approximate surface area is 207 Å². The summed E-state index contributed by atoms with van der Waals surface area (Å²) >= 11 is 0. The minimum Gasteiger partial charge on any atom is -0.396 e. The van der Waals surface area contributed by atoms with Crippen LogP contribution in [0.4, 0.5) is 0 Å². The number of aliphatic hydroxyl groups excluding tert-OH is 1. The van der Waals surface area contributed by atoms with Gasteiger partial charge >= 0.3 is 7.82 Å². The Hall–Kier alpha value is -0.0500. The molecule has 0 unspecified atom stereocenters. The van der Waals surface area contributed by atoms with E-state index >= 15 is 0 Å². The molecule has 0 rings (SSSR count). The van der Waals surface area contributed by atoms with Gasteiger partial charge < -0.3 is 35.7 Å². The Kier molecular flexibility index (Phi) is 59.3. The molecule has 0 spiro atoms. The van der Waals surface area contributed by atoms with Crippen LogP contribution < -0.4 is 16.0 Å². The van der Waals surface area contributed by atoms with Gasteiger partial charge in [0.1, 0.15) is 0 Å². The van der Waals surface area contributed by atoms with E-state index in [1.54, 1.807) is 0 Å². The van der Waals surface area contributed by atoms with E-state index in [1.165, 1.54) is 96.3 Å². The number of aliphatic hydroxyl groups is 1. The van der Waals surface area contributed by atoms with Crippen molar-refractivity contribution in [2.24, 2.45) is 0 Å². The SMILES string of the molecule is CCCCCCCCCCCCCCCCCCO.CNC.CNC.CNC.O=P(O)(O)O. The summed E-state index contributed by atoms with van der Waals surface area (Å²) in [5, 5.41) is 16.9. The highest BCUT2D eigenvalue weighted by Crippen LogP contribution is 2.25. The van der Waals surface area contributed by atoms with Gasteiger partial charge in [-0.2, -0.15) is 0 Å². The zero-order valence-corrected chi connectivity index (χ0v) is 24.1. The molecule has 0 fully saturated rings. The maximum absolute atomic E-state index is 8.88. The lowest BCUT2D eigenvalue weighted by atomic mass is 10.0. The van der Waals surface area contributed by atoms with Gasteiger partial charge in [0, 0.05) is 6.61 Å². The molecule has 0 aliphatic heterocycles. The van der Waals surface area contributed by atoms with Crippen LogP contribution in [-0.4, -0.2) is 68.7 Å². The van der Waals surface area contributed by atoms with E-state index in [-0.39, 0.29) is 0 Å². The van der Waals surface area contributed by atoms with Gasteiger partial charge in [0.25, 0.3) is 0 Å². The Bertz CT molecular complexity index is 293. The van der Waals surface area contributed by atoms with Crippen molar-refractivity contribution in [1.82, 2.24) is 16.0 Å². The van der Waals surface area contributed by atoms with Crippen molar-refractivity contribution in [3.63, 3.8) is 0 Å². The van der Waals surface area contributed by atoms with E-state index in [0.717, 1.165) is 6.42 Å². The highest BCUT2D eigenvalue weighted by Gasteiger charge is 2.00. The van der Waals surface area contributed by atoms with Crippen LogP contribution in [0.25, 0.3) is 0 Å². The first-order valence-electron chi connectivity index (χ1n) is 12.8. The van der Waals surface area contributed by atoms with E-state index in [2.05, 4.69) is 22.9 Å². The molecule has 0 bridgehead atoms. The van der Waals surface area contributed by atoms with Crippen molar-refractivity contribution in [2.75, 3.05) is 48.9 Å².